The highest BCUT2D eigenvalue weighted by atomic mass is 16.3. The lowest BCUT2D eigenvalue weighted by Gasteiger charge is -2.18. The van der Waals surface area contributed by atoms with Crippen molar-refractivity contribution in [3.8, 4) is 0 Å². The van der Waals surface area contributed by atoms with E-state index in [9.17, 15) is 0 Å². The smallest absolute Gasteiger partial charge is 0.290 e. The molecule has 0 radical (unpaired) electrons. The number of rotatable bonds is 0. The highest BCUT2D eigenvalue weighted by Gasteiger charge is 2.12. The van der Waals surface area contributed by atoms with Gasteiger partial charge in [-0.3, -0.25) is 4.79 Å². The zero-order valence-corrected chi connectivity index (χ0v) is 11.9. The van der Waals surface area contributed by atoms with E-state index < -0.39 is 0 Å². The van der Waals surface area contributed by atoms with Gasteiger partial charge in [-0.15, -0.1) is 0 Å². The van der Waals surface area contributed by atoms with E-state index in [1.165, 1.54) is 47.2 Å². The molecule has 0 heterocycles. The SMILES string of the molecule is O=CO.c1ccc2c(c1)ccc1c3c(ccc12)CCCC3. The second kappa shape index (κ2) is 5.96. The molecule has 0 saturated heterocycles. The lowest BCUT2D eigenvalue weighted by molar-refractivity contribution is -0.122. The number of benzene rings is 3. The van der Waals surface area contributed by atoms with E-state index in [1.807, 2.05) is 0 Å². The van der Waals surface area contributed by atoms with Crippen LogP contribution in [-0.4, -0.2) is 11.6 Å². The van der Waals surface area contributed by atoms with Crippen LogP contribution in [0.3, 0.4) is 0 Å². The number of hydrogen-bond donors (Lipinski definition) is 1. The number of hydrogen-bond acceptors (Lipinski definition) is 1. The molecule has 0 aromatic heterocycles. The molecule has 3 aromatic carbocycles. The predicted octanol–water partition coefficient (Wildman–Crippen LogP) is 4.57. The van der Waals surface area contributed by atoms with Crippen LogP contribution in [0.1, 0.15) is 24.0 Å². The van der Waals surface area contributed by atoms with Crippen LogP contribution in [0.4, 0.5) is 0 Å². The minimum absolute atomic E-state index is 0.250. The Kier molecular flexibility index (Phi) is 3.87. The van der Waals surface area contributed by atoms with Crippen LogP contribution < -0.4 is 0 Å². The van der Waals surface area contributed by atoms with Gasteiger partial charge in [-0.2, -0.15) is 0 Å². The van der Waals surface area contributed by atoms with E-state index in [1.54, 1.807) is 11.1 Å². The average molecular weight is 278 g/mol. The summed E-state index contributed by atoms with van der Waals surface area (Å²) in [5.41, 5.74) is 3.17. The molecule has 0 bridgehead atoms. The molecule has 2 heteroatoms. The Morgan fingerprint density at radius 1 is 0.810 bits per heavy atom. The van der Waals surface area contributed by atoms with Crippen LogP contribution in [0.15, 0.2) is 48.5 Å². The summed E-state index contributed by atoms with van der Waals surface area (Å²) in [7, 11) is 0. The predicted molar refractivity (Wildman–Crippen MR) is 86.8 cm³/mol. The zero-order chi connectivity index (χ0) is 14.7. The molecule has 0 amide bonds. The first-order valence-corrected chi connectivity index (χ1v) is 7.35. The molecule has 2 nitrogen and oxygen atoms in total. The first-order chi connectivity index (χ1) is 10.3. The Bertz CT molecular complexity index is 790. The Morgan fingerprint density at radius 3 is 2.38 bits per heavy atom. The van der Waals surface area contributed by atoms with Crippen molar-refractivity contribution in [3.05, 3.63) is 59.7 Å². The van der Waals surface area contributed by atoms with Gasteiger partial charge in [0.2, 0.25) is 0 Å². The van der Waals surface area contributed by atoms with Crippen LogP contribution in [0, 0.1) is 0 Å². The van der Waals surface area contributed by atoms with Gasteiger partial charge in [0.05, 0.1) is 0 Å². The molecule has 0 unspecified atom stereocenters. The molecule has 1 aliphatic rings. The fourth-order valence-electron chi connectivity index (χ4n) is 3.34. The Labute approximate surface area is 124 Å². The van der Waals surface area contributed by atoms with E-state index in [2.05, 4.69) is 48.5 Å². The average Bonchev–Trinajstić information content (AvgIpc) is 2.55. The molecule has 0 atom stereocenters. The summed E-state index contributed by atoms with van der Waals surface area (Å²) in [6, 6.07) is 18.0. The van der Waals surface area contributed by atoms with Crippen molar-refractivity contribution in [1.29, 1.82) is 0 Å². The Morgan fingerprint density at radius 2 is 1.52 bits per heavy atom. The second-order valence-electron chi connectivity index (χ2n) is 5.40. The lowest BCUT2D eigenvalue weighted by atomic mass is 9.86. The maximum absolute atomic E-state index is 8.36. The van der Waals surface area contributed by atoms with Crippen LogP contribution in [0.25, 0.3) is 21.5 Å². The van der Waals surface area contributed by atoms with Gasteiger partial charge >= 0.3 is 0 Å². The summed E-state index contributed by atoms with van der Waals surface area (Å²) < 4.78 is 0. The van der Waals surface area contributed by atoms with Gasteiger partial charge in [0.15, 0.2) is 0 Å². The van der Waals surface area contributed by atoms with Gasteiger partial charge in [0.25, 0.3) is 6.47 Å². The topological polar surface area (TPSA) is 37.3 Å². The molecular weight excluding hydrogens is 260 g/mol. The quantitative estimate of drug-likeness (QED) is 0.483. The number of fused-ring (bicyclic) bond motifs is 5. The molecule has 0 spiro atoms. The largest absolute Gasteiger partial charge is 0.483 e. The molecule has 106 valence electrons. The van der Waals surface area contributed by atoms with Crippen LogP contribution in [0.2, 0.25) is 0 Å². The summed E-state index contributed by atoms with van der Waals surface area (Å²) in [5.74, 6) is 0. The van der Waals surface area contributed by atoms with Crippen molar-refractivity contribution >= 4 is 28.0 Å². The van der Waals surface area contributed by atoms with Gasteiger partial charge in [-0.05, 0) is 58.4 Å². The fourth-order valence-corrected chi connectivity index (χ4v) is 3.34. The normalized spacial score (nSPS) is 13.3. The number of carbonyl (C=O) groups is 1. The van der Waals surface area contributed by atoms with Gasteiger partial charge in [-0.25, -0.2) is 0 Å². The van der Waals surface area contributed by atoms with Crippen molar-refractivity contribution in [1.82, 2.24) is 0 Å². The lowest BCUT2D eigenvalue weighted by Crippen LogP contribution is -2.02. The molecule has 1 N–H and O–H groups in total. The molecule has 21 heavy (non-hydrogen) atoms. The standard InChI is InChI=1S/C18H16.CH2O2/c1-3-7-15-13(5-1)9-11-18-16-8-4-2-6-14(16)10-12-17(15)18;2-1-3/h1,3,5,7,9-12H,2,4,6,8H2;1H,(H,2,3). The monoisotopic (exact) mass is 278 g/mol. The second-order valence-corrected chi connectivity index (χ2v) is 5.40. The first kappa shape index (κ1) is 13.6. The third-order valence-corrected chi connectivity index (χ3v) is 4.26. The zero-order valence-electron chi connectivity index (χ0n) is 11.9. The summed E-state index contributed by atoms with van der Waals surface area (Å²) in [4.78, 5) is 8.36. The summed E-state index contributed by atoms with van der Waals surface area (Å²) >= 11 is 0. The highest BCUT2D eigenvalue weighted by molar-refractivity contribution is 6.08. The minimum Gasteiger partial charge on any atom is -0.483 e. The highest BCUT2D eigenvalue weighted by Crippen LogP contribution is 2.32. The van der Waals surface area contributed by atoms with E-state index in [-0.39, 0.29) is 6.47 Å². The summed E-state index contributed by atoms with van der Waals surface area (Å²) in [6.07, 6.45) is 5.22. The molecule has 0 saturated carbocycles. The van der Waals surface area contributed by atoms with E-state index in [0.29, 0.717) is 0 Å². The van der Waals surface area contributed by atoms with Crippen LogP contribution in [-0.2, 0) is 17.6 Å². The van der Waals surface area contributed by atoms with Crippen molar-refractivity contribution in [2.45, 2.75) is 25.7 Å². The van der Waals surface area contributed by atoms with Gasteiger partial charge in [-0.1, -0.05) is 48.5 Å². The third kappa shape index (κ3) is 2.49. The van der Waals surface area contributed by atoms with Gasteiger partial charge < -0.3 is 5.11 Å². The van der Waals surface area contributed by atoms with Crippen LogP contribution in [0.5, 0.6) is 0 Å². The van der Waals surface area contributed by atoms with Crippen LogP contribution >= 0.6 is 0 Å². The van der Waals surface area contributed by atoms with E-state index in [0.717, 1.165) is 0 Å². The summed E-state index contributed by atoms with van der Waals surface area (Å²) in [6.45, 7) is -0.250. The molecule has 3 aromatic rings. The molecule has 4 rings (SSSR count). The Balaban J connectivity index is 0.000000409. The molecule has 1 aliphatic carbocycles. The van der Waals surface area contributed by atoms with Crippen molar-refractivity contribution < 1.29 is 9.90 Å². The molecular formula is C19H18O2. The number of carboxylic acid groups (broad SMARTS) is 1. The van der Waals surface area contributed by atoms with Crippen molar-refractivity contribution in [2.24, 2.45) is 0 Å². The minimum atomic E-state index is -0.250. The maximum atomic E-state index is 8.36. The van der Waals surface area contributed by atoms with Crippen molar-refractivity contribution in [2.75, 3.05) is 0 Å². The fraction of sp³-hybridized carbons (Fsp3) is 0.211. The van der Waals surface area contributed by atoms with Gasteiger partial charge in [0.1, 0.15) is 0 Å². The Hall–Kier alpha value is -2.35. The van der Waals surface area contributed by atoms with Crippen molar-refractivity contribution in [3.63, 3.8) is 0 Å². The molecule has 0 fully saturated rings. The molecule has 0 aliphatic heterocycles. The maximum Gasteiger partial charge on any atom is 0.290 e. The third-order valence-electron chi connectivity index (χ3n) is 4.26. The van der Waals surface area contributed by atoms with E-state index in [4.69, 9.17) is 9.90 Å². The summed E-state index contributed by atoms with van der Waals surface area (Å²) in [5, 5.41) is 12.5. The van der Waals surface area contributed by atoms with Gasteiger partial charge in [0, 0.05) is 0 Å². The van der Waals surface area contributed by atoms with E-state index >= 15 is 0 Å². The number of aryl methyl sites for hydroxylation is 2. The first-order valence-electron chi connectivity index (χ1n) is 7.35.